The number of piperidine rings is 1. The molecule has 2 aromatic rings. The molecule has 29 heavy (non-hydrogen) atoms. The third-order valence-corrected chi connectivity index (χ3v) is 7.47. The van der Waals surface area contributed by atoms with Gasteiger partial charge < -0.3 is 5.32 Å². The first-order chi connectivity index (χ1) is 13.7. The second kappa shape index (κ2) is 9.47. The average molecular weight is 455 g/mol. The number of nitrogens with zero attached hydrogens (tertiary/aromatic N) is 1. The van der Waals surface area contributed by atoms with Crippen molar-refractivity contribution in [3.8, 4) is 0 Å². The minimum Gasteiger partial charge on any atom is -0.352 e. The quantitative estimate of drug-likeness (QED) is 0.712. The molecule has 1 aliphatic rings. The summed E-state index contributed by atoms with van der Waals surface area (Å²) < 4.78 is 27.1. The van der Waals surface area contributed by atoms with E-state index >= 15 is 0 Å². The standard InChI is InChI=1S/C21H24Cl2N2O3S/c1-15-4-6-16(7-5-15)12-24-21(26)17-3-2-10-25(13-17)29(27,28)14-18-8-9-19(22)11-20(18)23/h4-9,11,17H,2-3,10,12-14H2,1H3,(H,24,26). The third-order valence-electron chi connectivity index (χ3n) is 5.09. The third kappa shape index (κ3) is 5.95. The molecule has 1 aliphatic heterocycles. The molecule has 1 unspecified atom stereocenters. The highest BCUT2D eigenvalue weighted by atomic mass is 35.5. The molecule has 0 radical (unpaired) electrons. The lowest BCUT2D eigenvalue weighted by molar-refractivity contribution is -0.126. The van der Waals surface area contributed by atoms with Gasteiger partial charge >= 0.3 is 0 Å². The van der Waals surface area contributed by atoms with Crippen molar-refractivity contribution in [1.82, 2.24) is 9.62 Å². The second-order valence-electron chi connectivity index (χ2n) is 7.39. The molecule has 8 heteroatoms. The molecule has 1 atom stereocenters. The maximum absolute atomic E-state index is 12.9. The molecule has 0 spiro atoms. The number of halogens is 2. The zero-order valence-corrected chi connectivity index (χ0v) is 18.5. The summed E-state index contributed by atoms with van der Waals surface area (Å²) in [6, 6.07) is 12.7. The molecule has 1 heterocycles. The fraction of sp³-hybridized carbons (Fsp3) is 0.381. The van der Waals surface area contributed by atoms with E-state index in [-0.39, 0.29) is 24.1 Å². The van der Waals surface area contributed by atoms with E-state index in [2.05, 4.69) is 5.32 Å². The molecule has 0 bridgehead atoms. The van der Waals surface area contributed by atoms with Crippen LogP contribution in [0.5, 0.6) is 0 Å². The van der Waals surface area contributed by atoms with Crippen molar-refractivity contribution in [2.24, 2.45) is 5.92 Å². The Kier molecular flexibility index (Phi) is 7.22. The van der Waals surface area contributed by atoms with Crippen molar-refractivity contribution in [3.05, 3.63) is 69.2 Å². The Bertz CT molecular complexity index is 978. The van der Waals surface area contributed by atoms with Gasteiger partial charge in [-0.25, -0.2) is 12.7 Å². The van der Waals surface area contributed by atoms with Crippen LogP contribution in [0.15, 0.2) is 42.5 Å². The van der Waals surface area contributed by atoms with Crippen molar-refractivity contribution in [1.29, 1.82) is 0 Å². The molecule has 0 aliphatic carbocycles. The summed E-state index contributed by atoms with van der Waals surface area (Å²) in [6.45, 7) is 3.04. The minimum absolute atomic E-state index is 0.116. The highest BCUT2D eigenvalue weighted by Gasteiger charge is 2.32. The molecule has 1 fully saturated rings. The average Bonchev–Trinajstić information content (AvgIpc) is 2.69. The Morgan fingerprint density at radius 1 is 1.17 bits per heavy atom. The van der Waals surface area contributed by atoms with Crippen molar-refractivity contribution in [2.45, 2.75) is 32.1 Å². The zero-order valence-electron chi connectivity index (χ0n) is 16.2. The van der Waals surface area contributed by atoms with E-state index in [1.165, 1.54) is 10.4 Å². The molecule has 156 valence electrons. The lowest BCUT2D eigenvalue weighted by atomic mass is 9.98. The van der Waals surface area contributed by atoms with Crippen LogP contribution in [0, 0.1) is 12.8 Å². The number of amides is 1. The number of carbonyl (C=O) groups excluding carboxylic acids is 1. The maximum Gasteiger partial charge on any atom is 0.224 e. The number of hydrogen-bond acceptors (Lipinski definition) is 3. The van der Waals surface area contributed by atoms with E-state index in [4.69, 9.17) is 23.2 Å². The first-order valence-corrected chi connectivity index (χ1v) is 11.9. The monoisotopic (exact) mass is 454 g/mol. The maximum atomic E-state index is 12.9. The van der Waals surface area contributed by atoms with Crippen LogP contribution < -0.4 is 5.32 Å². The fourth-order valence-corrected chi connectivity index (χ4v) is 5.57. The zero-order chi connectivity index (χ0) is 21.0. The molecule has 0 saturated carbocycles. The summed E-state index contributed by atoms with van der Waals surface area (Å²) in [5.74, 6) is -0.680. The van der Waals surface area contributed by atoms with Crippen molar-refractivity contribution < 1.29 is 13.2 Å². The Hall–Kier alpha value is -1.60. The van der Waals surface area contributed by atoms with Gasteiger partial charge in [-0.1, -0.05) is 59.1 Å². The number of hydrogen-bond donors (Lipinski definition) is 1. The predicted octanol–water partition coefficient (Wildman–Crippen LogP) is 4.16. The fourth-order valence-electron chi connectivity index (χ4n) is 3.38. The predicted molar refractivity (Wildman–Crippen MR) is 116 cm³/mol. The molecule has 1 saturated heterocycles. The molecule has 5 nitrogen and oxygen atoms in total. The molecule has 1 N–H and O–H groups in total. The van der Waals surface area contributed by atoms with Gasteiger partial charge in [0.25, 0.3) is 0 Å². The smallest absolute Gasteiger partial charge is 0.224 e. The first-order valence-electron chi connectivity index (χ1n) is 9.49. The summed E-state index contributed by atoms with van der Waals surface area (Å²) in [5.41, 5.74) is 2.68. The van der Waals surface area contributed by atoms with E-state index in [0.29, 0.717) is 41.5 Å². The normalized spacial score (nSPS) is 17.8. The first kappa shape index (κ1) is 22.1. The second-order valence-corrected chi connectivity index (χ2v) is 10.2. The summed E-state index contributed by atoms with van der Waals surface area (Å²) >= 11 is 12.0. The molecule has 0 aromatic heterocycles. The Morgan fingerprint density at radius 2 is 1.90 bits per heavy atom. The number of sulfonamides is 1. The van der Waals surface area contributed by atoms with Crippen molar-refractivity contribution in [3.63, 3.8) is 0 Å². The van der Waals surface area contributed by atoms with Gasteiger partial charge in [-0.05, 0) is 43.0 Å². The highest BCUT2D eigenvalue weighted by Crippen LogP contribution is 2.26. The Labute approximate surface area is 182 Å². The number of aryl methyl sites for hydroxylation is 1. The lowest BCUT2D eigenvalue weighted by Gasteiger charge is -2.31. The van der Waals surface area contributed by atoms with Crippen LogP contribution in [0.1, 0.15) is 29.5 Å². The molecule has 3 rings (SSSR count). The van der Waals surface area contributed by atoms with Gasteiger partial charge in [0.05, 0.1) is 11.7 Å². The van der Waals surface area contributed by atoms with Gasteiger partial charge in [0.2, 0.25) is 15.9 Å². The number of nitrogens with one attached hydrogen (secondary N) is 1. The van der Waals surface area contributed by atoms with Gasteiger partial charge in [0.1, 0.15) is 0 Å². The van der Waals surface area contributed by atoms with Gasteiger partial charge in [0.15, 0.2) is 0 Å². The topological polar surface area (TPSA) is 66.5 Å². The summed E-state index contributed by atoms with van der Waals surface area (Å²) in [5, 5.41) is 3.71. The molecular weight excluding hydrogens is 431 g/mol. The number of carbonyl (C=O) groups is 1. The SMILES string of the molecule is Cc1ccc(CNC(=O)C2CCCN(S(=O)(=O)Cc3ccc(Cl)cc3Cl)C2)cc1. The van der Waals surface area contributed by atoms with Crippen LogP contribution in [-0.2, 0) is 27.1 Å². The van der Waals surface area contributed by atoms with E-state index in [1.54, 1.807) is 12.1 Å². The molecule has 2 aromatic carbocycles. The van der Waals surface area contributed by atoms with Crippen LogP contribution in [0.25, 0.3) is 0 Å². The van der Waals surface area contributed by atoms with Crippen LogP contribution in [-0.4, -0.2) is 31.7 Å². The Morgan fingerprint density at radius 3 is 2.59 bits per heavy atom. The van der Waals surface area contributed by atoms with Gasteiger partial charge in [-0.2, -0.15) is 0 Å². The lowest BCUT2D eigenvalue weighted by Crippen LogP contribution is -2.45. The van der Waals surface area contributed by atoms with Crippen LogP contribution in [0.4, 0.5) is 0 Å². The largest absolute Gasteiger partial charge is 0.352 e. The van der Waals surface area contributed by atoms with Crippen molar-refractivity contribution >= 4 is 39.1 Å². The van der Waals surface area contributed by atoms with Gasteiger partial charge in [0, 0.05) is 29.7 Å². The van der Waals surface area contributed by atoms with E-state index in [1.807, 2.05) is 31.2 Å². The number of benzene rings is 2. The summed E-state index contributed by atoms with van der Waals surface area (Å²) in [7, 11) is -3.58. The highest BCUT2D eigenvalue weighted by molar-refractivity contribution is 7.88. The Balaban J connectivity index is 1.61. The van der Waals surface area contributed by atoms with Crippen LogP contribution >= 0.6 is 23.2 Å². The summed E-state index contributed by atoms with van der Waals surface area (Å²) in [4.78, 5) is 12.6. The number of rotatable bonds is 6. The van der Waals surface area contributed by atoms with E-state index in [0.717, 1.165) is 11.1 Å². The molecular formula is C21H24Cl2N2O3S. The summed E-state index contributed by atoms with van der Waals surface area (Å²) in [6.07, 6.45) is 1.32. The van der Waals surface area contributed by atoms with Gasteiger partial charge in [-0.15, -0.1) is 0 Å². The minimum atomic E-state index is -3.58. The van der Waals surface area contributed by atoms with Crippen molar-refractivity contribution in [2.75, 3.05) is 13.1 Å². The van der Waals surface area contributed by atoms with E-state index < -0.39 is 10.0 Å². The molecule has 1 amide bonds. The van der Waals surface area contributed by atoms with Crippen LogP contribution in [0.2, 0.25) is 10.0 Å². The van der Waals surface area contributed by atoms with Crippen LogP contribution in [0.3, 0.4) is 0 Å². The van der Waals surface area contributed by atoms with Gasteiger partial charge in [-0.3, -0.25) is 4.79 Å². The van der Waals surface area contributed by atoms with E-state index in [9.17, 15) is 13.2 Å².